The first-order valence-corrected chi connectivity index (χ1v) is 6.70. The minimum absolute atomic E-state index is 0.0395. The van der Waals surface area contributed by atoms with Crippen LogP contribution in [0.25, 0.3) is 0 Å². The molecular formula is C13H26N2O4. The summed E-state index contributed by atoms with van der Waals surface area (Å²) in [7, 11) is 1.81. The van der Waals surface area contributed by atoms with Crippen molar-refractivity contribution in [2.75, 3.05) is 33.3 Å². The normalized spacial score (nSPS) is 11.0. The van der Waals surface area contributed by atoms with E-state index in [1.807, 2.05) is 25.8 Å². The number of likely N-dealkylation sites (N-methyl/N-ethyl adjacent to an activating group) is 1. The average molecular weight is 274 g/mol. The van der Waals surface area contributed by atoms with Crippen LogP contribution >= 0.6 is 0 Å². The Labute approximate surface area is 115 Å². The number of nitrogens with zero attached hydrogens (tertiary/aromatic N) is 1. The van der Waals surface area contributed by atoms with E-state index in [1.165, 1.54) is 0 Å². The molecule has 6 heteroatoms. The van der Waals surface area contributed by atoms with E-state index in [0.717, 1.165) is 6.42 Å². The van der Waals surface area contributed by atoms with E-state index in [1.54, 1.807) is 0 Å². The Balaban J connectivity index is 3.49. The van der Waals surface area contributed by atoms with Crippen molar-refractivity contribution in [2.45, 2.75) is 39.2 Å². The molecule has 0 aromatic rings. The highest BCUT2D eigenvalue weighted by molar-refractivity contribution is 5.77. The van der Waals surface area contributed by atoms with Gasteiger partial charge in [0.1, 0.15) is 0 Å². The molecule has 0 aliphatic rings. The lowest BCUT2D eigenvalue weighted by molar-refractivity contribution is -0.137. The summed E-state index contributed by atoms with van der Waals surface area (Å²) < 4.78 is 5.36. The van der Waals surface area contributed by atoms with Crippen LogP contribution in [-0.4, -0.2) is 61.3 Å². The SMILES string of the molecule is CC(C)OCCCNC(=O)CN(C)CCCC(=O)O. The summed E-state index contributed by atoms with van der Waals surface area (Å²) in [5.74, 6) is -0.842. The number of hydrogen-bond acceptors (Lipinski definition) is 4. The molecule has 2 N–H and O–H groups in total. The summed E-state index contributed by atoms with van der Waals surface area (Å²) >= 11 is 0. The fourth-order valence-corrected chi connectivity index (χ4v) is 1.50. The largest absolute Gasteiger partial charge is 0.481 e. The van der Waals surface area contributed by atoms with Crippen molar-refractivity contribution in [2.24, 2.45) is 0 Å². The minimum Gasteiger partial charge on any atom is -0.481 e. The number of nitrogens with one attached hydrogen (secondary N) is 1. The smallest absolute Gasteiger partial charge is 0.303 e. The Bertz CT molecular complexity index is 269. The molecule has 0 bridgehead atoms. The molecule has 0 saturated heterocycles. The molecule has 0 aliphatic carbocycles. The van der Waals surface area contributed by atoms with E-state index in [2.05, 4.69) is 5.32 Å². The van der Waals surface area contributed by atoms with Crippen molar-refractivity contribution < 1.29 is 19.4 Å². The minimum atomic E-state index is -0.803. The van der Waals surface area contributed by atoms with Gasteiger partial charge in [-0.25, -0.2) is 0 Å². The molecule has 112 valence electrons. The number of carbonyl (C=O) groups is 2. The van der Waals surface area contributed by atoms with Crippen LogP contribution in [0, 0.1) is 0 Å². The van der Waals surface area contributed by atoms with Crippen molar-refractivity contribution in [3.63, 3.8) is 0 Å². The van der Waals surface area contributed by atoms with Gasteiger partial charge in [0.05, 0.1) is 12.6 Å². The van der Waals surface area contributed by atoms with Gasteiger partial charge in [0, 0.05) is 19.6 Å². The standard InChI is InChI=1S/C13H26N2O4/c1-11(2)19-9-5-7-14-12(16)10-15(3)8-4-6-13(17)18/h11H,4-10H2,1-3H3,(H,14,16)(H,17,18). The summed E-state index contributed by atoms with van der Waals surface area (Å²) in [6, 6.07) is 0. The van der Waals surface area contributed by atoms with Gasteiger partial charge >= 0.3 is 5.97 Å². The Hall–Kier alpha value is -1.14. The fourth-order valence-electron chi connectivity index (χ4n) is 1.50. The highest BCUT2D eigenvalue weighted by Gasteiger charge is 2.06. The zero-order chi connectivity index (χ0) is 14.7. The van der Waals surface area contributed by atoms with Gasteiger partial charge in [-0.3, -0.25) is 14.5 Å². The fraction of sp³-hybridized carbons (Fsp3) is 0.846. The topological polar surface area (TPSA) is 78.9 Å². The molecule has 1 amide bonds. The molecule has 6 nitrogen and oxygen atoms in total. The maximum atomic E-state index is 11.5. The zero-order valence-electron chi connectivity index (χ0n) is 12.1. The third-order valence-electron chi connectivity index (χ3n) is 2.44. The van der Waals surface area contributed by atoms with Gasteiger partial charge in [-0.2, -0.15) is 0 Å². The molecule has 0 heterocycles. The second-order valence-electron chi connectivity index (χ2n) is 4.86. The van der Waals surface area contributed by atoms with E-state index in [9.17, 15) is 9.59 Å². The molecular weight excluding hydrogens is 248 g/mol. The number of hydrogen-bond donors (Lipinski definition) is 2. The van der Waals surface area contributed by atoms with Crippen molar-refractivity contribution in [1.82, 2.24) is 10.2 Å². The van der Waals surface area contributed by atoms with E-state index in [-0.39, 0.29) is 18.4 Å². The number of amides is 1. The van der Waals surface area contributed by atoms with Gasteiger partial charge in [-0.15, -0.1) is 0 Å². The van der Waals surface area contributed by atoms with Crippen molar-refractivity contribution in [3.05, 3.63) is 0 Å². The third kappa shape index (κ3) is 13.1. The van der Waals surface area contributed by atoms with Gasteiger partial charge in [0.15, 0.2) is 0 Å². The Morgan fingerprint density at radius 3 is 2.58 bits per heavy atom. The predicted molar refractivity (Wildman–Crippen MR) is 73.1 cm³/mol. The quantitative estimate of drug-likeness (QED) is 0.543. The van der Waals surface area contributed by atoms with Gasteiger partial charge < -0.3 is 15.2 Å². The molecule has 0 rings (SSSR count). The summed E-state index contributed by atoms with van der Waals surface area (Å²) in [4.78, 5) is 23.7. The third-order valence-corrected chi connectivity index (χ3v) is 2.44. The van der Waals surface area contributed by atoms with Crippen LogP contribution in [-0.2, 0) is 14.3 Å². The summed E-state index contributed by atoms with van der Waals surface area (Å²) in [6.45, 7) is 6.11. The van der Waals surface area contributed by atoms with Crippen molar-refractivity contribution in [1.29, 1.82) is 0 Å². The van der Waals surface area contributed by atoms with Crippen LogP contribution in [0.15, 0.2) is 0 Å². The Morgan fingerprint density at radius 2 is 2.00 bits per heavy atom. The first-order valence-electron chi connectivity index (χ1n) is 6.70. The average Bonchev–Trinajstić information content (AvgIpc) is 2.27. The lowest BCUT2D eigenvalue weighted by atomic mass is 10.3. The maximum absolute atomic E-state index is 11.5. The van der Waals surface area contributed by atoms with E-state index >= 15 is 0 Å². The van der Waals surface area contributed by atoms with E-state index in [4.69, 9.17) is 9.84 Å². The van der Waals surface area contributed by atoms with Gasteiger partial charge in [0.2, 0.25) is 5.91 Å². The predicted octanol–water partition coefficient (Wildman–Crippen LogP) is 0.714. The highest BCUT2D eigenvalue weighted by Crippen LogP contribution is 1.93. The van der Waals surface area contributed by atoms with Crippen LogP contribution in [0.2, 0.25) is 0 Å². The van der Waals surface area contributed by atoms with E-state index in [0.29, 0.717) is 32.7 Å². The molecule has 0 spiro atoms. The number of carboxylic acids is 1. The van der Waals surface area contributed by atoms with Crippen LogP contribution in [0.4, 0.5) is 0 Å². The number of rotatable bonds is 11. The second kappa shape index (κ2) is 10.8. The molecule has 0 unspecified atom stereocenters. The van der Waals surface area contributed by atoms with Crippen LogP contribution in [0.1, 0.15) is 33.1 Å². The first kappa shape index (κ1) is 17.9. The summed E-state index contributed by atoms with van der Waals surface area (Å²) in [5.41, 5.74) is 0. The van der Waals surface area contributed by atoms with Crippen molar-refractivity contribution >= 4 is 11.9 Å². The molecule has 0 atom stereocenters. The second-order valence-corrected chi connectivity index (χ2v) is 4.86. The Morgan fingerprint density at radius 1 is 1.32 bits per heavy atom. The molecule has 0 radical (unpaired) electrons. The number of ether oxygens (including phenoxy) is 1. The van der Waals surface area contributed by atoms with Gasteiger partial charge in [-0.1, -0.05) is 0 Å². The maximum Gasteiger partial charge on any atom is 0.303 e. The molecule has 0 aromatic heterocycles. The zero-order valence-corrected chi connectivity index (χ0v) is 12.1. The number of carboxylic acid groups (broad SMARTS) is 1. The van der Waals surface area contributed by atoms with Crippen molar-refractivity contribution in [3.8, 4) is 0 Å². The lowest BCUT2D eigenvalue weighted by Gasteiger charge is -2.15. The molecule has 0 aromatic carbocycles. The van der Waals surface area contributed by atoms with Gasteiger partial charge in [-0.05, 0) is 40.3 Å². The molecule has 0 fully saturated rings. The summed E-state index contributed by atoms with van der Waals surface area (Å²) in [6.07, 6.45) is 1.71. The molecule has 0 aliphatic heterocycles. The van der Waals surface area contributed by atoms with Crippen LogP contribution in [0.3, 0.4) is 0 Å². The number of aliphatic carboxylic acids is 1. The highest BCUT2D eigenvalue weighted by atomic mass is 16.5. The Kier molecular flexibility index (Phi) is 10.1. The van der Waals surface area contributed by atoms with Gasteiger partial charge in [0.25, 0.3) is 0 Å². The van der Waals surface area contributed by atoms with Crippen LogP contribution < -0.4 is 5.32 Å². The lowest BCUT2D eigenvalue weighted by Crippen LogP contribution is -2.36. The van der Waals surface area contributed by atoms with Crippen LogP contribution in [0.5, 0.6) is 0 Å². The van der Waals surface area contributed by atoms with E-state index < -0.39 is 5.97 Å². The number of carbonyl (C=O) groups excluding carboxylic acids is 1. The first-order chi connectivity index (χ1) is 8.91. The summed E-state index contributed by atoms with van der Waals surface area (Å²) in [5, 5.41) is 11.3. The molecule has 0 saturated carbocycles. The molecule has 19 heavy (non-hydrogen) atoms. The monoisotopic (exact) mass is 274 g/mol.